The van der Waals surface area contributed by atoms with E-state index in [0.29, 0.717) is 23.9 Å². The summed E-state index contributed by atoms with van der Waals surface area (Å²) in [6.07, 6.45) is 0.603. The summed E-state index contributed by atoms with van der Waals surface area (Å²) >= 11 is 1.23. The van der Waals surface area contributed by atoms with Crippen LogP contribution in [0.15, 0.2) is 84.0 Å². The zero-order valence-electron chi connectivity index (χ0n) is 19.0. The molecule has 178 valence electrons. The summed E-state index contributed by atoms with van der Waals surface area (Å²) < 4.78 is 7.03. The summed E-state index contributed by atoms with van der Waals surface area (Å²) in [6.45, 7) is 0.559. The molecule has 1 N–H and O–H groups in total. The molecule has 4 aromatic rings. The van der Waals surface area contributed by atoms with Crippen molar-refractivity contribution in [3.8, 4) is 5.75 Å². The summed E-state index contributed by atoms with van der Waals surface area (Å²) in [4.78, 5) is 23.5. The number of ether oxygens (including phenoxy) is 1. The number of carbonyl (C=O) groups excluding carboxylic acids is 1. The normalized spacial score (nSPS) is 10.7. The smallest absolute Gasteiger partial charge is 0.296 e. The molecule has 10 heteroatoms. The number of amides is 1. The van der Waals surface area contributed by atoms with E-state index in [2.05, 4.69) is 15.5 Å². The van der Waals surface area contributed by atoms with E-state index in [-0.39, 0.29) is 23.0 Å². The Morgan fingerprint density at radius 1 is 1.03 bits per heavy atom. The third-order valence-corrected chi connectivity index (χ3v) is 6.16. The first-order valence-corrected chi connectivity index (χ1v) is 11.8. The van der Waals surface area contributed by atoms with E-state index in [4.69, 9.17) is 4.74 Å². The molecule has 0 bridgehead atoms. The lowest BCUT2D eigenvalue weighted by atomic mass is 10.1. The molecule has 0 atom stereocenters. The molecule has 0 fully saturated rings. The molecule has 0 spiro atoms. The summed E-state index contributed by atoms with van der Waals surface area (Å²) in [7, 11) is 1.42. The van der Waals surface area contributed by atoms with Gasteiger partial charge in [-0.1, -0.05) is 72.4 Å². The van der Waals surface area contributed by atoms with Crippen molar-refractivity contribution in [2.75, 3.05) is 18.2 Å². The van der Waals surface area contributed by atoms with Crippen LogP contribution in [0, 0.1) is 10.1 Å². The molecule has 0 aliphatic heterocycles. The number of benzene rings is 3. The minimum absolute atomic E-state index is 0.0153. The minimum Gasteiger partial charge on any atom is -0.496 e. The molecular formula is C25H23N5O4S. The van der Waals surface area contributed by atoms with Crippen LogP contribution in [0.2, 0.25) is 0 Å². The quantitative estimate of drug-likeness (QED) is 0.197. The Kier molecular flexibility index (Phi) is 7.74. The van der Waals surface area contributed by atoms with E-state index in [1.807, 2.05) is 65.2 Å². The number of hydrogen-bond donors (Lipinski definition) is 1. The summed E-state index contributed by atoms with van der Waals surface area (Å²) in [5.74, 6) is 0.751. The molecule has 0 aliphatic carbocycles. The molecule has 0 radical (unpaired) electrons. The van der Waals surface area contributed by atoms with Crippen LogP contribution in [0.1, 0.15) is 17.0 Å². The summed E-state index contributed by atoms with van der Waals surface area (Å²) in [5.41, 5.74) is 2.06. The van der Waals surface area contributed by atoms with Gasteiger partial charge in [0.05, 0.1) is 30.4 Å². The molecule has 0 aliphatic rings. The number of carbonyl (C=O) groups is 1. The van der Waals surface area contributed by atoms with E-state index < -0.39 is 4.92 Å². The largest absolute Gasteiger partial charge is 0.496 e. The van der Waals surface area contributed by atoms with E-state index in [0.717, 1.165) is 17.0 Å². The number of methoxy groups -OCH3 is 1. The second kappa shape index (κ2) is 11.3. The van der Waals surface area contributed by atoms with Crippen LogP contribution in [-0.4, -0.2) is 38.5 Å². The fraction of sp³-hybridized carbons (Fsp3) is 0.160. The van der Waals surface area contributed by atoms with Crippen molar-refractivity contribution in [3.05, 3.63) is 106 Å². The summed E-state index contributed by atoms with van der Waals surface area (Å²) in [6, 6.07) is 24.2. The highest BCUT2D eigenvalue weighted by Gasteiger charge is 2.19. The van der Waals surface area contributed by atoms with E-state index in [1.165, 1.54) is 31.0 Å². The third kappa shape index (κ3) is 6.24. The van der Waals surface area contributed by atoms with E-state index >= 15 is 0 Å². The molecule has 0 saturated carbocycles. The maximum atomic E-state index is 12.6. The minimum atomic E-state index is -0.558. The van der Waals surface area contributed by atoms with Gasteiger partial charge < -0.3 is 14.6 Å². The number of rotatable bonds is 10. The monoisotopic (exact) mass is 489 g/mol. The second-order valence-electron chi connectivity index (χ2n) is 7.61. The number of nitrogens with one attached hydrogen (secondary N) is 1. The number of aromatic nitrogens is 3. The molecular weight excluding hydrogens is 466 g/mol. The van der Waals surface area contributed by atoms with Gasteiger partial charge in [-0.05, 0) is 23.3 Å². The second-order valence-corrected chi connectivity index (χ2v) is 8.55. The molecule has 3 aromatic carbocycles. The maximum Gasteiger partial charge on any atom is 0.296 e. The highest BCUT2D eigenvalue weighted by molar-refractivity contribution is 7.99. The lowest BCUT2D eigenvalue weighted by Gasteiger charge is -2.11. The molecule has 4 rings (SSSR count). The number of nitro groups is 1. The van der Waals surface area contributed by atoms with Gasteiger partial charge in [-0.25, -0.2) is 0 Å². The van der Waals surface area contributed by atoms with Crippen LogP contribution in [0.5, 0.6) is 5.75 Å². The van der Waals surface area contributed by atoms with Gasteiger partial charge in [0, 0.05) is 6.42 Å². The molecule has 35 heavy (non-hydrogen) atoms. The van der Waals surface area contributed by atoms with Gasteiger partial charge in [-0.2, -0.15) is 0 Å². The standard InChI is InChI=1S/C25H23N5O4S/c1-34-20-12-13-21(22(15-20)30(32)33)26-24(31)17-35-25-28-27-23(14-18-8-4-2-5-9-18)29(25)16-19-10-6-3-7-11-19/h2-13,15H,14,16-17H2,1H3,(H,26,31). The number of nitrogens with zero attached hydrogens (tertiary/aromatic N) is 4. The number of anilines is 1. The fourth-order valence-electron chi connectivity index (χ4n) is 3.47. The lowest BCUT2D eigenvalue weighted by molar-refractivity contribution is -0.384. The van der Waals surface area contributed by atoms with Gasteiger partial charge in [0.25, 0.3) is 5.69 Å². The molecule has 0 unspecified atom stereocenters. The van der Waals surface area contributed by atoms with Gasteiger partial charge in [0.2, 0.25) is 5.91 Å². The van der Waals surface area contributed by atoms with E-state index in [1.54, 1.807) is 6.07 Å². The Labute approximate surface area is 206 Å². The maximum absolute atomic E-state index is 12.6. The van der Waals surface area contributed by atoms with Crippen molar-refractivity contribution in [2.45, 2.75) is 18.1 Å². The first-order chi connectivity index (χ1) is 17.0. The van der Waals surface area contributed by atoms with Gasteiger partial charge in [-0.15, -0.1) is 10.2 Å². The topological polar surface area (TPSA) is 112 Å². The SMILES string of the molecule is COc1ccc(NC(=O)CSc2nnc(Cc3ccccc3)n2Cc2ccccc2)c([N+](=O)[O-])c1. The fourth-order valence-corrected chi connectivity index (χ4v) is 4.23. The van der Waals surface area contributed by atoms with Gasteiger partial charge in [0.1, 0.15) is 17.3 Å². The van der Waals surface area contributed by atoms with E-state index in [9.17, 15) is 14.9 Å². The molecule has 1 aromatic heterocycles. The Bertz CT molecular complexity index is 1310. The summed E-state index contributed by atoms with van der Waals surface area (Å²) in [5, 5.41) is 23.3. The Hall–Kier alpha value is -4.18. The zero-order chi connectivity index (χ0) is 24.6. The third-order valence-electron chi connectivity index (χ3n) is 5.19. The number of hydrogen-bond acceptors (Lipinski definition) is 7. The Balaban J connectivity index is 1.50. The van der Waals surface area contributed by atoms with Crippen molar-refractivity contribution in [2.24, 2.45) is 0 Å². The van der Waals surface area contributed by atoms with Gasteiger partial charge >= 0.3 is 0 Å². The average Bonchev–Trinajstić information content (AvgIpc) is 3.24. The van der Waals surface area contributed by atoms with Crippen LogP contribution >= 0.6 is 11.8 Å². The van der Waals surface area contributed by atoms with Crippen molar-refractivity contribution >= 4 is 29.0 Å². The first kappa shape index (κ1) is 24.0. The van der Waals surface area contributed by atoms with Crippen LogP contribution < -0.4 is 10.1 Å². The molecule has 1 heterocycles. The van der Waals surface area contributed by atoms with Crippen LogP contribution in [0.3, 0.4) is 0 Å². The van der Waals surface area contributed by atoms with Crippen LogP contribution in [-0.2, 0) is 17.8 Å². The van der Waals surface area contributed by atoms with Crippen molar-refractivity contribution in [3.63, 3.8) is 0 Å². The predicted octanol–water partition coefficient (Wildman–Crippen LogP) is 4.56. The van der Waals surface area contributed by atoms with Crippen LogP contribution in [0.25, 0.3) is 0 Å². The lowest BCUT2D eigenvalue weighted by Crippen LogP contribution is -2.16. The van der Waals surface area contributed by atoms with Gasteiger partial charge in [0.15, 0.2) is 5.16 Å². The van der Waals surface area contributed by atoms with Crippen molar-refractivity contribution < 1.29 is 14.5 Å². The molecule has 9 nitrogen and oxygen atoms in total. The van der Waals surface area contributed by atoms with Crippen LogP contribution in [0.4, 0.5) is 11.4 Å². The van der Waals surface area contributed by atoms with Crippen molar-refractivity contribution in [1.82, 2.24) is 14.8 Å². The van der Waals surface area contributed by atoms with Crippen molar-refractivity contribution in [1.29, 1.82) is 0 Å². The Morgan fingerprint density at radius 2 is 1.71 bits per heavy atom. The first-order valence-electron chi connectivity index (χ1n) is 10.8. The number of thioether (sulfide) groups is 1. The van der Waals surface area contributed by atoms with Gasteiger partial charge in [-0.3, -0.25) is 14.9 Å². The Morgan fingerprint density at radius 3 is 2.37 bits per heavy atom. The molecule has 0 saturated heterocycles. The highest BCUT2D eigenvalue weighted by atomic mass is 32.2. The molecule has 1 amide bonds. The predicted molar refractivity (Wildman–Crippen MR) is 134 cm³/mol. The average molecular weight is 490 g/mol. The highest BCUT2D eigenvalue weighted by Crippen LogP contribution is 2.29. The zero-order valence-corrected chi connectivity index (χ0v) is 19.8. The number of nitro benzene ring substituents is 1.